The standard InChI is InChI=1S/C15H19F3N2O.ClH/c16-15(17,18)13-12(2-1-7-20-13)21-11-3-4-14(10-11)5-8-19-9-6-14;/h1-2,7,11,19H,3-6,8-10H2;1H. The maximum Gasteiger partial charge on any atom is 0.437 e. The van der Waals surface area contributed by atoms with Gasteiger partial charge in [0.25, 0.3) is 0 Å². The van der Waals surface area contributed by atoms with Crippen LogP contribution in [0.4, 0.5) is 13.2 Å². The number of aromatic nitrogens is 1. The van der Waals surface area contributed by atoms with Crippen LogP contribution in [-0.4, -0.2) is 24.2 Å². The minimum absolute atomic E-state index is 0. The second kappa shape index (κ2) is 6.62. The molecule has 1 spiro atoms. The highest BCUT2D eigenvalue weighted by atomic mass is 35.5. The van der Waals surface area contributed by atoms with Crippen LogP contribution < -0.4 is 10.1 Å². The van der Waals surface area contributed by atoms with Crippen LogP contribution in [-0.2, 0) is 6.18 Å². The van der Waals surface area contributed by atoms with Gasteiger partial charge in [0.05, 0.1) is 6.10 Å². The fraction of sp³-hybridized carbons (Fsp3) is 0.667. The first kappa shape index (κ1) is 17.3. The number of halogens is 4. The summed E-state index contributed by atoms with van der Waals surface area (Å²) in [6.45, 7) is 1.99. The highest BCUT2D eigenvalue weighted by molar-refractivity contribution is 5.85. The number of hydrogen-bond donors (Lipinski definition) is 1. The van der Waals surface area contributed by atoms with E-state index in [0.717, 1.165) is 51.4 Å². The van der Waals surface area contributed by atoms with Crippen LogP contribution in [0.3, 0.4) is 0 Å². The van der Waals surface area contributed by atoms with Crippen LogP contribution in [0.25, 0.3) is 0 Å². The van der Waals surface area contributed by atoms with Crippen LogP contribution in [0, 0.1) is 5.41 Å². The minimum atomic E-state index is -4.47. The zero-order valence-corrected chi connectivity index (χ0v) is 13.0. The number of hydrogen-bond acceptors (Lipinski definition) is 3. The molecule has 1 aliphatic carbocycles. The van der Waals surface area contributed by atoms with E-state index >= 15 is 0 Å². The van der Waals surface area contributed by atoms with Crippen molar-refractivity contribution in [3.05, 3.63) is 24.0 Å². The van der Waals surface area contributed by atoms with Gasteiger partial charge in [0.1, 0.15) is 0 Å². The maximum absolute atomic E-state index is 12.9. The van der Waals surface area contributed by atoms with Crippen molar-refractivity contribution >= 4 is 12.4 Å². The van der Waals surface area contributed by atoms with Gasteiger partial charge < -0.3 is 10.1 Å². The zero-order valence-electron chi connectivity index (χ0n) is 12.2. The highest BCUT2D eigenvalue weighted by Crippen LogP contribution is 2.46. The Labute approximate surface area is 134 Å². The third-order valence-corrected chi connectivity index (χ3v) is 4.65. The van der Waals surface area contributed by atoms with Crippen molar-refractivity contribution in [2.24, 2.45) is 5.41 Å². The average molecular weight is 337 g/mol. The average Bonchev–Trinajstić information content (AvgIpc) is 2.81. The number of rotatable bonds is 2. The molecule has 1 aromatic heterocycles. The summed E-state index contributed by atoms with van der Waals surface area (Å²) < 4.78 is 44.4. The van der Waals surface area contributed by atoms with Gasteiger partial charge in [0.2, 0.25) is 0 Å². The van der Waals surface area contributed by atoms with Gasteiger partial charge in [-0.05, 0) is 62.7 Å². The molecule has 0 bridgehead atoms. The fourth-order valence-electron chi connectivity index (χ4n) is 3.54. The third kappa shape index (κ3) is 3.66. The molecular weight excluding hydrogens is 317 g/mol. The van der Waals surface area contributed by atoms with E-state index in [9.17, 15) is 13.2 Å². The molecule has 2 heterocycles. The largest absolute Gasteiger partial charge is 0.488 e. The van der Waals surface area contributed by atoms with E-state index in [1.54, 1.807) is 0 Å². The number of ether oxygens (including phenoxy) is 1. The number of piperidine rings is 1. The van der Waals surface area contributed by atoms with Crippen molar-refractivity contribution in [2.75, 3.05) is 13.1 Å². The van der Waals surface area contributed by atoms with E-state index in [2.05, 4.69) is 10.3 Å². The van der Waals surface area contributed by atoms with E-state index in [-0.39, 0.29) is 29.7 Å². The van der Waals surface area contributed by atoms with Crippen molar-refractivity contribution in [3.8, 4) is 5.75 Å². The molecule has 1 saturated carbocycles. The lowest BCUT2D eigenvalue weighted by Crippen LogP contribution is -2.35. The Kier molecular flexibility index (Phi) is 5.22. The Morgan fingerprint density at radius 1 is 1.23 bits per heavy atom. The molecule has 0 amide bonds. The van der Waals surface area contributed by atoms with Crippen LogP contribution in [0.5, 0.6) is 5.75 Å². The van der Waals surface area contributed by atoms with Crippen LogP contribution >= 0.6 is 12.4 Å². The summed E-state index contributed by atoms with van der Waals surface area (Å²) in [6, 6.07) is 2.85. The minimum Gasteiger partial charge on any atom is -0.488 e. The Hall–Kier alpha value is -1.01. The molecule has 1 unspecified atom stereocenters. The number of nitrogens with zero attached hydrogens (tertiary/aromatic N) is 1. The molecule has 1 atom stereocenters. The molecule has 3 rings (SSSR count). The van der Waals surface area contributed by atoms with E-state index in [1.165, 1.54) is 12.1 Å². The Morgan fingerprint density at radius 2 is 1.95 bits per heavy atom. The van der Waals surface area contributed by atoms with Crippen molar-refractivity contribution in [1.82, 2.24) is 10.3 Å². The molecule has 0 aromatic carbocycles. The van der Waals surface area contributed by atoms with Gasteiger partial charge in [0.15, 0.2) is 11.4 Å². The summed E-state index contributed by atoms with van der Waals surface area (Å²) >= 11 is 0. The molecule has 1 aliphatic heterocycles. The summed E-state index contributed by atoms with van der Waals surface area (Å²) in [6.07, 6.45) is 1.44. The third-order valence-electron chi connectivity index (χ3n) is 4.65. The fourth-order valence-corrected chi connectivity index (χ4v) is 3.54. The first-order valence-electron chi connectivity index (χ1n) is 7.38. The molecule has 7 heteroatoms. The van der Waals surface area contributed by atoms with Gasteiger partial charge in [-0.25, -0.2) is 4.98 Å². The Bertz CT molecular complexity index is 504. The zero-order chi connectivity index (χ0) is 14.9. The van der Waals surface area contributed by atoms with E-state index < -0.39 is 11.9 Å². The van der Waals surface area contributed by atoms with Gasteiger partial charge >= 0.3 is 6.18 Å². The Balaban J connectivity index is 0.00000176. The number of pyridine rings is 1. The first-order valence-corrected chi connectivity index (χ1v) is 7.38. The van der Waals surface area contributed by atoms with Crippen LogP contribution in [0.15, 0.2) is 18.3 Å². The molecule has 1 aromatic rings. The van der Waals surface area contributed by atoms with E-state index in [4.69, 9.17) is 4.74 Å². The topological polar surface area (TPSA) is 34.1 Å². The van der Waals surface area contributed by atoms with Gasteiger partial charge in [-0.15, -0.1) is 12.4 Å². The van der Waals surface area contributed by atoms with Crippen LogP contribution in [0.1, 0.15) is 37.8 Å². The predicted octanol–water partition coefficient (Wildman–Crippen LogP) is 3.82. The molecule has 1 saturated heterocycles. The molecule has 22 heavy (non-hydrogen) atoms. The lowest BCUT2D eigenvalue weighted by atomic mass is 9.77. The lowest BCUT2D eigenvalue weighted by molar-refractivity contribution is -0.143. The highest BCUT2D eigenvalue weighted by Gasteiger charge is 2.42. The van der Waals surface area contributed by atoms with Crippen molar-refractivity contribution in [3.63, 3.8) is 0 Å². The van der Waals surface area contributed by atoms with Crippen LogP contribution in [0.2, 0.25) is 0 Å². The molecule has 3 nitrogen and oxygen atoms in total. The van der Waals surface area contributed by atoms with Gasteiger partial charge in [-0.1, -0.05) is 0 Å². The normalized spacial score (nSPS) is 24.0. The van der Waals surface area contributed by atoms with Gasteiger partial charge in [-0.3, -0.25) is 0 Å². The number of alkyl halides is 3. The summed E-state index contributed by atoms with van der Waals surface area (Å²) in [5, 5.41) is 3.33. The van der Waals surface area contributed by atoms with Gasteiger partial charge in [0, 0.05) is 6.20 Å². The van der Waals surface area contributed by atoms with E-state index in [1.807, 2.05) is 0 Å². The quantitative estimate of drug-likeness (QED) is 0.891. The molecule has 0 radical (unpaired) electrons. The monoisotopic (exact) mass is 336 g/mol. The molecular formula is C15H20ClF3N2O. The first-order chi connectivity index (χ1) is 9.99. The van der Waals surface area contributed by atoms with Crippen molar-refractivity contribution in [2.45, 2.75) is 44.4 Å². The van der Waals surface area contributed by atoms with Crippen molar-refractivity contribution in [1.29, 1.82) is 0 Å². The predicted molar refractivity (Wildman–Crippen MR) is 79.3 cm³/mol. The molecule has 124 valence electrons. The van der Waals surface area contributed by atoms with Gasteiger partial charge in [-0.2, -0.15) is 13.2 Å². The molecule has 2 fully saturated rings. The second-order valence-electron chi connectivity index (χ2n) is 6.08. The smallest absolute Gasteiger partial charge is 0.437 e. The number of nitrogens with one attached hydrogen (secondary N) is 1. The lowest BCUT2D eigenvalue weighted by Gasteiger charge is -2.33. The molecule has 2 aliphatic rings. The summed E-state index contributed by atoms with van der Waals surface area (Å²) in [5.74, 6) is -0.138. The Morgan fingerprint density at radius 3 is 2.64 bits per heavy atom. The molecule has 1 N–H and O–H groups in total. The second-order valence-corrected chi connectivity index (χ2v) is 6.08. The summed E-state index contributed by atoms with van der Waals surface area (Å²) in [4.78, 5) is 3.44. The maximum atomic E-state index is 12.9. The van der Waals surface area contributed by atoms with Crippen molar-refractivity contribution < 1.29 is 17.9 Å². The van der Waals surface area contributed by atoms with E-state index in [0.29, 0.717) is 0 Å². The SMILES string of the molecule is Cl.FC(F)(F)c1ncccc1OC1CCC2(CCNCC2)C1. The summed E-state index contributed by atoms with van der Waals surface area (Å²) in [7, 11) is 0. The summed E-state index contributed by atoms with van der Waals surface area (Å²) in [5.41, 5.74) is -0.660.